The molecule has 1 N–H and O–H groups in total. The van der Waals surface area contributed by atoms with Gasteiger partial charge in [0.05, 0.1) is 19.2 Å². The molecule has 0 spiro atoms. The molecule has 0 unspecified atom stereocenters. The maximum absolute atomic E-state index is 13.5. The van der Waals surface area contributed by atoms with E-state index in [0.29, 0.717) is 18.5 Å². The first-order valence-corrected chi connectivity index (χ1v) is 10.3. The average Bonchev–Trinajstić information content (AvgIpc) is 2.82. The highest BCUT2D eigenvalue weighted by Gasteiger charge is 2.13. The molecule has 168 valence electrons. The number of pyridine rings is 2. The fourth-order valence-corrected chi connectivity index (χ4v) is 3.59. The zero-order valence-electron chi connectivity index (χ0n) is 17.8. The second-order valence-electron chi connectivity index (χ2n) is 7.47. The summed E-state index contributed by atoms with van der Waals surface area (Å²) in [6.07, 6.45) is 3.73. The van der Waals surface area contributed by atoms with Crippen LogP contribution in [-0.4, -0.2) is 29.1 Å². The maximum Gasteiger partial charge on any atom is 0.263 e. The molecule has 0 aliphatic rings. The summed E-state index contributed by atoms with van der Waals surface area (Å²) in [5.74, 6) is -1.73. The second kappa shape index (κ2) is 9.60. The van der Waals surface area contributed by atoms with Gasteiger partial charge in [0.2, 0.25) is 0 Å². The molecule has 0 aliphatic heterocycles. The van der Waals surface area contributed by atoms with Crippen molar-refractivity contribution in [1.29, 1.82) is 0 Å². The van der Waals surface area contributed by atoms with Crippen molar-refractivity contribution < 1.29 is 18.3 Å². The fraction of sp³-hybridized carbons (Fsp3) is 0.160. The Kier molecular flexibility index (Phi) is 6.44. The number of carbonyl (C=O) groups excluding carboxylic acids is 1. The topological polar surface area (TPSA) is 73.2 Å². The van der Waals surface area contributed by atoms with Crippen LogP contribution in [-0.2, 0) is 13.0 Å². The van der Waals surface area contributed by atoms with Crippen LogP contribution in [0, 0.1) is 11.6 Å². The normalized spacial score (nSPS) is 10.9. The fourth-order valence-electron chi connectivity index (χ4n) is 3.59. The largest absolute Gasteiger partial charge is 0.496 e. The molecule has 4 rings (SSSR count). The Balaban J connectivity index is 1.43. The minimum atomic E-state index is -0.989. The van der Waals surface area contributed by atoms with Crippen LogP contribution in [0.2, 0.25) is 0 Å². The van der Waals surface area contributed by atoms with Gasteiger partial charge in [-0.25, -0.2) is 8.78 Å². The highest BCUT2D eigenvalue weighted by molar-refractivity contribution is 5.93. The molecular formula is C25H21F2N3O3. The smallest absolute Gasteiger partial charge is 0.263 e. The minimum Gasteiger partial charge on any atom is -0.496 e. The van der Waals surface area contributed by atoms with E-state index in [0.717, 1.165) is 34.3 Å². The number of aromatic nitrogens is 2. The summed E-state index contributed by atoms with van der Waals surface area (Å²) < 4.78 is 33.3. The second-order valence-corrected chi connectivity index (χ2v) is 7.47. The lowest BCUT2D eigenvalue weighted by atomic mass is 10.1. The van der Waals surface area contributed by atoms with Crippen molar-refractivity contribution in [3.63, 3.8) is 0 Å². The van der Waals surface area contributed by atoms with Gasteiger partial charge in [0.15, 0.2) is 11.6 Å². The Hall–Kier alpha value is -4.07. The van der Waals surface area contributed by atoms with E-state index in [9.17, 15) is 18.4 Å². The number of hydrogen-bond acceptors (Lipinski definition) is 4. The van der Waals surface area contributed by atoms with Crippen LogP contribution in [0.25, 0.3) is 10.9 Å². The number of methoxy groups -OCH3 is 1. The van der Waals surface area contributed by atoms with E-state index in [1.54, 1.807) is 25.4 Å². The number of amides is 1. The lowest BCUT2D eigenvalue weighted by Crippen LogP contribution is -2.33. The molecule has 0 saturated carbocycles. The summed E-state index contributed by atoms with van der Waals surface area (Å²) in [6, 6.07) is 14.0. The third-order valence-electron chi connectivity index (χ3n) is 5.29. The van der Waals surface area contributed by atoms with E-state index in [2.05, 4.69) is 10.3 Å². The predicted octanol–water partition coefficient (Wildman–Crippen LogP) is 3.70. The summed E-state index contributed by atoms with van der Waals surface area (Å²) in [7, 11) is 1.60. The number of hydrogen-bond donors (Lipinski definition) is 1. The lowest BCUT2D eigenvalue weighted by molar-refractivity contribution is 0.0952. The number of halogens is 2. The van der Waals surface area contributed by atoms with Crippen LogP contribution in [0.15, 0.2) is 71.8 Å². The van der Waals surface area contributed by atoms with Crippen molar-refractivity contribution in [2.24, 2.45) is 0 Å². The molecule has 8 heteroatoms. The Bertz CT molecular complexity index is 1390. The zero-order valence-corrected chi connectivity index (χ0v) is 17.8. The van der Waals surface area contributed by atoms with Crippen LogP contribution < -0.4 is 15.6 Å². The van der Waals surface area contributed by atoms with Crippen molar-refractivity contribution in [3.8, 4) is 5.75 Å². The van der Waals surface area contributed by atoms with Crippen LogP contribution in [0.4, 0.5) is 8.78 Å². The predicted molar refractivity (Wildman–Crippen MR) is 120 cm³/mol. The van der Waals surface area contributed by atoms with Gasteiger partial charge in [-0.2, -0.15) is 0 Å². The molecule has 1 amide bonds. The summed E-state index contributed by atoms with van der Waals surface area (Å²) in [4.78, 5) is 29.6. The van der Waals surface area contributed by atoms with Gasteiger partial charge in [-0.15, -0.1) is 0 Å². The van der Waals surface area contributed by atoms with E-state index in [4.69, 9.17) is 4.74 Å². The van der Waals surface area contributed by atoms with E-state index < -0.39 is 23.1 Å². The van der Waals surface area contributed by atoms with E-state index >= 15 is 0 Å². The number of nitrogens with zero attached hydrogens (tertiary/aromatic N) is 2. The van der Waals surface area contributed by atoms with Crippen LogP contribution in [0.3, 0.4) is 0 Å². The van der Waals surface area contributed by atoms with Crippen molar-refractivity contribution in [1.82, 2.24) is 14.9 Å². The SMILES string of the molecule is COc1ccnc2ccc(CCNC(=O)c3cccn(Cc4ccc(F)c(F)c4)c3=O)cc12. The molecule has 0 aliphatic carbocycles. The number of fused-ring (bicyclic) bond motifs is 1. The van der Waals surface area contributed by atoms with Gasteiger partial charge in [0.1, 0.15) is 11.3 Å². The van der Waals surface area contributed by atoms with E-state index in [-0.39, 0.29) is 12.1 Å². The third-order valence-corrected chi connectivity index (χ3v) is 5.29. The molecule has 0 saturated heterocycles. The number of nitrogens with one attached hydrogen (secondary N) is 1. The maximum atomic E-state index is 13.5. The standard InChI is InChI=1S/C25H21F2N3O3/c1-33-23-9-11-28-22-7-5-16(13-19(22)23)8-10-29-24(31)18-3-2-12-30(25(18)32)15-17-4-6-20(26)21(27)14-17/h2-7,9,11-14H,8,10,15H2,1H3,(H,29,31). The van der Waals surface area contributed by atoms with Gasteiger partial charge in [0, 0.05) is 24.3 Å². The molecule has 0 fully saturated rings. The number of ether oxygens (including phenoxy) is 1. The number of rotatable bonds is 7. The molecule has 4 aromatic rings. The highest BCUT2D eigenvalue weighted by Crippen LogP contribution is 2.24. The van der Waals surface area contributed by atoms with Crippen molar-refractivity contribution >= 4 is 16.8 Å². The van der Waals surface area contributed by atoms with Gasteiger partial charge >= 0.3 is 0 Å². The first-order valence-electron chi connectivity index (χ1n) is 10.3. The Morgan fingerprint density at radius 1 is 1.06 bits per heavy atom. The Labute approximate surface area is 188 Å². The molecular weight excluding hydrogens is 428 g/mol. The van der Waals surface area contributed by atoms with Crippen LogP contribution >= 0.6 is 0 Å². The molecule has 0 atom stereocenters. The molecule has 6 nitrogen and oxygen atoms in total. The number of carbonyl (C=O) groups is 1. The lowest BCUT2D eigenvalue weighted by Gasteiger charge is -2.10. The molecule has 0 bridgehead atoms. The van der Waals surface area contributed by atoms with Crippen molar-refractivity contribution in [3.05, 3.63) is 106 Å². The monoisotopic (exact) mass is 449 g/mol. The van der Waals surface area contributed by atoms with Crippen molar-refractivity contribution in [2.45, 2.75) is 13.0 Å². The van der Waals surface area contributed by atoms with Crippen LogP contribution in [0.5, 0.6) is 5.75 Å². The molecule has 2 heterocycles. The molecule has 0 radical (unpaired) electrons. The average molecular weight is 449 g/mol. The van der Waals surface area contributed by atoms with Gasteiger partial charge in [-0.3, -0.25) is 14.6 Å². The molecule has 2 aromatic heterocycles. The van der Waals surface area contributed by atoms with Gasteiger partial charge in [0.25, 0.3) is 11.5 Å². The quantitative estimate of drug-likeness (QED) is 0.467. The van der Waals surface area contributed by atoms with E-state index in [1.165, 1.54) is 22.9 Å². The summed E-state index contributed by atoms with van der Waals surface area (Å²) in [5.41, 5.74) is 1.67. The Morgan fingerprint density at radius 3 is 2.67 bits per heavy atom. The van der Waals surface area contributed by atoms with Crippen molar-refractivity contribution in [2.75, 3.05) is 13.7 Å². The van der Waals surface area contributed by atoms with Gasteiger partial charge < -0.3 is 14.6 Å². The number of benzene rings is 2. The Morgan fingerprint density at radius 2 is 1.88 bits per heavy atom. The van der Waals surface area contributed by atoms with E-state index in [1.807, 2.05) is 18.2 Å². The first-order chi connectivity index (χ1) is 16.0. The summed E-state index contributed by atoms with van der Waals surface area (Å²) in [6.45, 7) is 0.342. The molecule has 33 heavy (non-hydrogen) atoms. The third kappa shape index (κ3) is 4.90. The highest BCUT2D eigenvalue weighted by atomic mass is 19.2. The summed E-state index contributed by atoms with van der Waals surface area (Å²) >= 11 is 0. The molecule has 2 aromatic carbocycles. The first kappa shape index (κ1) is 22.1. The van der Waals surface area contributed by atoms with Gasteiger partial charge in [-0.05, 0) is 60.0 Å². The van der Waals surface area contributed by atoms with Crippen LogP contribution in [0.1, 0.15) is 21.5 Å². The van der Waals surface area contributed by atoms with Gasteiger partial charge in [-0.1, -0.05) is 12.1 Å². The summed E-state index contributed by atoms with van der Waals surface area (Å²) in [5, 5.41) is 3.65. The zero-order chi connectivity index (χ0) is 23.4. The minimum absolute atomic E-state index is 0.0180.